The third kappa shape index (κ3) is 3.91. The summed E-state index contributed by atoms with van der Waals surface area (Å²) in [7, 11) is 1.59. The Balaban J connectivity index is 1.04. The number of aromatic amines is 1. The monoisotopic (exact) mass is 513 g/mol. The number of halogens is 1. The Morgan fingerprint density at radius 1 is 1.16 bits per heavy atom. The fourth-order valence-electron chi connectivity index (χ4n) is 6.59. The van der Waals surface area contributed by atoms with Crippen LogP contribution in [-0.4, -0.2) is 49.1 Å². The molecule has 1 aromatic carbocycles. The maximum Gasteiger partial charge on any atom is 0.269 e. The summed E-state index contributed by atoms with van der Waals surface area (Å²) < 4.78 is 15.5. The van der Waals surface area contributed by atoms with Crippen molar-refractivity contribution in [3.63, 3.8) is 0 Å². The predicted octanol–water partition coefficient (Wildman–Crippen LogP) is 3.15. The van der Waals surface area contributed by atoms with Gasteiger partial charge in [0.25, 0.3) is 11.5 Å². The lowest BCUT2D eigenvalue weighted by Crippen LogP contribution is -2.45. The summed E-state index contributed by atoms with van der Waals surface area (Å²) in [5.41, 5.74) is 3.79. The van der Waals surface area contributed by atoms with Crippen LogP contribution in [0.5, 0.6) is 0 Å². The Labute approximate surface area is 218 Å². The first-order chi connectivity index (χ1) is 18.4. The zero-order valence-electron chi connectivity index (χ0n) is 21.0. The number of rotatable bonds is 5. The molecule has 3 fully saturated rings. The van der Waals surface area contributed by atoms with Crippen LogP contribution in [0.1, 0.15) is 52.8 Å². The summed E-state index contributed by atoms with van der Waals surface area (Å²) in [6.07, 6.45) is 7.07. The molecule has 0 radical (unpaired) electrons. The molecule has 2 atom stereocenters. The Hall–Kier alpha value is -3.92. The highest BCUT2D eigenvalue weighted by Gasteiger charge is 2.47. The van der Waals surface area contributed by atoms with Gasteiger partial charge in [0.1, 0.15) is 17.3 Å². The van der Waals surface area contributed by atoms with Gasteiger partial charge in [-0.3, -0.25) is 14.5 Å². The molecule has 1 amide bonds. The van der Waals surface area contributed by atoms with Gasteiger partial charge in [-0.15, -0.1) is 0 Å². The molecule has 10 heteroatoms. The fourth-order valence-corrected chi connectivity index (χ4v) is 6.59. The molecule has 2 bridgehead atoms. The minimum absolute atomic E-state index is 0.212. The third-order valence-electron chi connectivity index (χ3n) is 8.65. The predicted molar refractivity (Wildman–Crippen MR) is 138 cm³/mol. The van der Waals surface area contributed by atoms with Crippen LogP contribution in [0.4, 0.5) is 4.39 Å². The average molecular weight is 514 g/mol. The summed E-state index contributed by atoms with van der Waals surface area (Å²) in [6, 6.07) is 7.78. The Morgan fingerprint density at radius 2 is 2.03 bits per heavy atom. The highest BCUT2D eigenvalue weighted by molar-refractivity contribution is 5.92. The highest BCUT2D eigenvalue weighted by Crippen LogP contribution is 2.55. The van der Waals surface area contributed by atoms with Crippen LogP contribution < -0.4 is 10.9 Å². The van der Waals surface area contributed by atoms with E-state index < -0.39 is 5.82 Å². The summed E-state index contributed by atoms with van der Waals surface area (Å²) >= 11 is 0. The van der Waals surface area contributed by atoms with Crippen LogP contribution in [0.15, 0.2) is 47.5 Å². The normalized spacial score (nSPS) is 24.3. The molecule has 2 N–H and O–H groups in total. The molecule has 4 heterocycles. The summed E-state index contributed by atoms with van der Waals surface area (Å²) in [5, 5.41) is 7.67. The van der Waals surface area contributed by atoms with Crippen molar-refractivity contribution in [1.82, 2.24) is 34.9 Å². The van der Waals surface area contributed by atoms with Crippen molar-refractivity contribution in [3.05, 3.63) is 81.7 Å². The Morgan fingerprint density at radius 3 is 2.79 bits per heavy atom. The van der Waals surface area contributed by atoms with Gasteiger partial charge < -0.3 is 10.3 Å². The summed E-state index contributed by atoms with van der Waals surface area (Å²) in [4.78, 5) is 38.8. The number of fused-ring (bicyclic) bond motifs is 4. The van der Waals surface area contributed by atoms with Crippen LogP contribution in [-0.2, 0) is 13.1 Å². The average Bonchev–Trinajstić information content (AvgIpc) is 3.46. The summed E-state index contributed by atoms with van der Waals surface area (Å²) in [5.74, 6) is 2.15. The van der Waals surface area contributed by atoms with E-state index in [1.807, 2.05) is 10.7 Å². The Bertz CT molecular complexity index is 1580. The van der Waals surface area contributed by atoms with Crippen molar-refractivity contribution >= 4 is 16.8 Å². The largest absolute Gasteiger partial charge is 0.354 e. The SMILES string of the molecule is CNC(=O)c1ccc(-n2cc3c(n2)CN(CC2CC(c4nc5ccc(F)cc5c(=O)[nH]4)C4CC2C4)C3)cn1. The lowest BCUT2D eigenvalue weighted by molar-refractivity contribution is 0.00527. The van der Waals surface area contributed by atoms with E-state index in [0.29, 0.717) is 28.4 Å². The van der Waals surface area contributed by atoms with Crippen molar-refractivity contribution in [3.8, 4) is 5.69 Å². The molecule has 4 aliphatic rings. The molecular weight excluding hydrogens is 485 g/mol. The van der Waals surface area contributed by atoms with E-state index >= 15 is 0 Å². The topological polar surface area (TPSA) is 109 Å². The van der Waals surface area contributed by atoms with Gasteiger partial charge in [-0.05, 0) is 67.3 Å². The molecule has 8 rings (SSSR count). The number of aromatic nitrogens is 5. The first kappa shape index (κ1) is 23.2. The van der Waals surface area contributed by atoms with E-state index in [1.165, 1.54) is 30.5 Å². The number of carbonyl (C=O) groups excluding carboxylic acids is 1. The van der Waals surface area contributed by atoms with Gasteiger partial charge in [0.2, 0.25) is 0 Å². The van der Waals surface area contributed by atoms with Gasteiger partial charge in [-0.1, -0.05) is 0 Å². The van der Waals surface area contributed by atoms with E-state index in [4.69, 9.17) is 10.1 Å². The minimum atomic E-state index is -0.425. The number of H-pyrrole nitrogens is 1. The molecule has 1 aliphatic heterocycles. The van der Waals surface area contributed by atoms with Gasteiger partial charge in [-0.2, -0.15) is 5.10 Å². The molecule has 3 aromatic heterocycles. The maximum absolute atomic E-state index is 13.6. The molecule has 3 aliphatic carbocycles. The van der Waals surface area contributed by atoms with Gasteiger partial charge in [-0.25, -0.2) is 19.0 Å². The number of nitrogens with zero attached hydrogens (tertiary/aromatic N) is 5. The lowest BCUT2D eigenvalue weighted by atomic mass is 9.55. The minimum Gasteiger partial charge on any atom is -0.354 e. The van der Waals surface area contributed by atoms with E-state index in [0.717, 1.165) is 49.2 Å². The number of benzene rings is 1. The molecule has 0 saturated heterocycles. The zero-order chi connectivity index (χ0) is 26.0. The third-order valence-corrected chi connectivity index (χ3v) is 8.65. The second-order valence-electron chi connectivity index (χ2n) is 10.9. The molecule has 4 aromatic rings. The second-order valence-corrected chi connectivity index (χ2v) is 10.9. The molecule has 194 valence electrons. The first-order valence-corrected chi connectivity index (χ1v) is 13.1. The fraction of sp³-hybridized carbons (Fsp3) is 0.393. The van der Waals surface area contributed by atoms with Gasteiger partial charge in [0.05, 0.1) is 28.5 Å². The molecule has 0 spiro atoms. The zero-order valence-corrected chi connectivity index (χ0v) is 21.0. The van der Waals surface area contributed by atoms with Crippen LogP contribution in [0.2, 0.25) is 0 Å². The van der Waals surface area contributed by atoms with Gasteiger partial charge in [0, 0.05) is 44.4 Å². The molecule has 9 nitrogen and oxygen atoms in total. The number of pyridine rings is 1. The van der Waals surface area contributed by atoms with Crippen molar-refractivity contribution in [2.45, 2.75) is 38.3 Å². The molecular formula is C28H28FN7O2. The van der Waals surface area contributed by atoms with Gasteiger partial charge in [0.15, 0.2) is 0 Å². The standard InChI is InChI=1S/C28H28FN7O2/c1-30-28(38)24-5-3-20(10-31-24)36-13-18-12-35(14-25(18)34-36)11-17-8-21(16-6-15(17)7-16)26-32-23-4-2-19(29)9-22(23)27(37)33-26/h2-5,9-10,13,15-17,21H,6-8,11-12,14H2,1H3,(H,30,38)(H,32,33,37). The van der Waals surface area contributed by atoms with Crippen LogP contribution in [0.25, 0.3) is 16.6 Å². The van der Waals surface area contributed by atoms with Crippen molar-refractivity contribution in [2.75, 3.05) is 13.6 Å². The van der Waals surface area contributed by atoms with Crippen molar-refractivity contribution in [1.29, 1.82) is 0 Å². The number of hydrogen-bond acceptors (Lipinski definition) is 6. The van der Waals surface area contributed by atoms with Gasteiger partial charge >= 0.3 is 0 Å². The highest BCUT2D eigenvalue weighted by atomic mass is 19.1. The summed E-state index contributed by atoms with van der Waals surface area (Å²) in [6.45, 7) is 2.66. The number of carbonyl (C=O) groups is 1. The molecule has 3 saturated carbocycles. The van der Waals surface area contributed by atoms with Crippen molar-refractivity contribution in [2.24, 2.45) is 17.8 Å². The van der Waals surface area contributed by atoms with E-state index in [1.54, 1.807) is 25.4 Å². The second kappa shape index (κ2) is 8.83. The number of nitrogens with one attached hydrogen (secondary N) is 2. The van der Waals surface area contributed by atoms with Crippen LogP contribution >= 0.6 is 0 Å². The lowest BCUT2D eigenvalue weighted by Gasteiger charge is -2.51. The van der Waals surface area contributed by atoms with E-state index in [2.05, 4.69) is 26.4 Å². The van der Waals surface area contributed by atoms with Crippen LogP contribution in [0.3, 0.4) is 0 Å². The quantitative estimate of drug-likeness (QED) is 0.425. The first-order valence-electron chi connectivity index (χ1n) is 13.1. The van der Waals surface area contributed by atoms with Crippen LogP contribution in [0, 0.1) is 23.6 Å². The van der Waals surface area contributed by atoms with Crippen molar-refractivity contribution < 1.29 is 9.18 Å². The molecule has 2 unspecified atom stereocenters. The number of amides is 1. The molecule has 38 heavy (non-hydrogen) atoms. The number of hydrogen-bond donors (Lipinski definition) is 2. The Kier molecular flexibility index (Phi) is 5.40. The smallest absolute Gasteiger partial charge is 0.269 e. The van der Waals surface area contributed by atoms with E-state index in [9.17, 15) is 14.0 Å². The van der Waals surface area contributed by atoms with E-state index in [-0.39, 0.29) is 17.4 Å². The maximum atomic E-state index is 13.6.